The number of hydrogen-bond acceptors (Lipinski definition) is 6. The Bertz CT molecular complexity index is 734. The molecule has 1 unspecified atom stereocenters. The molecular formula is C18H22N4O3. The number of aryl methyl sites for hydroxylation is 2. The van der Waals surface area contributed by atoms with E-state index >= 15 is 0 Å². The van der Waals surface area contributed by atoms with E-state index in [2.05, 4.69) is 20.6 Å². The van der Waals surface area contributed by atoms with Crippen LogP contribution in [-0.4, -0.2) is 34.5 Å². The number of benzene rings is 1. The number of carbonyl (C=O) groups is 2. The van der Waals surface area contributed by atoms with Gasteiger partial charge in [0.25, 0.3) is 5.91 Å². The van der Waals surface area contributed by atoms with E-state index in [-0.39, 0.29) is 12.3 Å². The molecule has 0 spiro atoms. The standard InChI is InChI=1S/C18H22N4O3/c1-12-5-6-13(2)15(11-12)22-17(24)14(3)25-16(23)7-10-21-18-19-8-4-9-20-18/h4-6,8-9,11,14H,7,10H2,1-3H3,(H,22,24)(H,19,20,21). The summed E-state index contributed by atoms with van der Waals surface area (Å²) in [6, 6.07) is 7.48. The summed E-state index contributed by atoms with van der Waals surface area (Å²) < 4.78 is 5.16. The lowest BCUT2D eigenvalue weighted by atomic mass is 10.1. The lowest BCUT2D eigenvalue weighted by Gasteiger charge is -2.15. The summed E-state index contributed by atoms with van der Waals surface area (Å²) >= 11 is 0. The van der Waals surface area contributed by atoms with Crippen LogP contribution in [0.2, 0.25) is 0 Å². The Hall–Kier alpha value is -2.96. The number of carbonyl (C=O) groups excluding carboxylic acids is 2. The van der Waals surface area contributed by atoms with Crippen LogP contribution in [0.15, 0.2) is 36.7 Å². The summed E-state index contributed by atoms with van der Waals surface area (Å²) in [4.78, 5) is 32.0. The van der Waals surface area contributed by atoms with Gasteiger partial charge in [0.1, 0.15) is 0 Å². The Labute approximate surface area is 146 Å². The molecular weight excluding hydrogens is 320 g/mol. The molecule has 2 aromatic rings. The summed E-state index contributed by atoms with van der Waals surface area (Å²) in [6.45, 7) is 5.73. The van der Waals surface area contributed by atoms with Gasteiger partial charge in [0.15, 0.2) is 6.10 Å². The Morgan fingerprint density at radius 1 is 1.20 bits per heavy atom. The van der Waals surface area contributed by atoms with Gasteiger partial charge in [-0.15, -0.1) is 0 Å². The van der Waals surface area contributed by atoms with E-state index in [0.29, 0.717) is 12.5 Å². The number of amides is 1. The smallest absolute Gasteiger partial charge is 0.308 e. The Balaban J connectivity index is 1.78. The third-order valence-electron chi connectivity index (χ3n) is 3.51. The highest BCUT2D eigenvalue weighted by molar-refractivity contribution is 5.95. The van der Waals surface area contributed by atoms with Crippen molar-refractivity contribution in [1.29, 1.82) is 0 Å². The van der Waals surface area contributed by atoms with Crippen LogP contribution in [-0.2, 0) is 14.3 Å². The molecule has 0 aliphatic carbocycles. The van der Waals surface area contributed by atoms with Crippen molar-refractivity contribution in [3.8, 4) is 0 Å². The number of ether oxygens (including phenoxy) is 1. The largest absolute Gasteiger partial charge is 0.452 e. The first-order valence-corrected chi connectivity index (χ1v) is 8.04. The number of rotatable bonds is 7. The SMILES string of the molecule is Cc1ccc(C)c(NC(=O)C(C)OC(=O)CCNc2ncccn2)c1. The van der Waals surface area contributed by atoms with E-state index in [4.69, 9.17) is 4.74 Å². The number of nitrogens with one attached hydrogen (secondary N) is 2. The van der Waals surface area contributed by atoms with E-state index in [9.17, 15) is 9.59 Å². The molecule has 0 bridgehead atoms. The number of nitrogens with zero attached hydrogens (tertiary/aromatic N) is 2. The predicted octanol–water partition coefficient (Wildman–Crippen LogP) is 2.47. The van der Waals surface area contributed by atoms with Gasteiger partial charge in [-0.2, -0.15) is 0 Å². The molecule has 0 saturated heterocycles. The zero-order valence-corrected chi connectivity index (χ0v) is 14.6. The van der Waals surface area contributed by atoms with Crippen molar-refractivity contribution in [2.24, 2.45) is 0 Å². The molecule has 1 amide bonds. The normalized spacial score (nSPS) is 11.5. The second-order valence-corrected chi connectivity index (χ2v) is 5.69. The highest BCUT2D eigenvalue weighted by Gasteiger charge is 2.18. The van der Waals surface area contributed by atoms with Crippen LogP contribution in [0.3, 0.4) is 0 Å². The number of anilines is 2. The van der Waals surface area contributed by atoms with Crippen molar-refractivity contribution in [2.45, 2.75) is 33.3 Å². The molecule has 0 saturated carbocycles. The number of esters is 1. The van der Waals surface area contributed by atoms with Crippen molar-refractivity contribution in [3.05, 3.63) is 47.8 Å². The van der Waals surface area contributed by atoms with Crippen molar-refractivity contribution in [3.63, 3.8) is 0 Å². The summed E-state index contributed by atoms with van der Waals surface area (Å²) in [7, 11) is 0. The van der Waals surface area contributed by atoms with Gasteiger partial charge in [0, 0.05) is 24.6 Å². The zero-order valence-electron chi connectivity index (χ0n) is 14.6. The number of aromatic nitrogens is 2. The fourth-order valence-electron chi connectivity index (χ4n) is 2.08. The minimum absolute atomic E-state index is 0.110. The van der Waals surface area contributed by atoms with Gasteiger partial charge >= 0.3 is 5.97 Å². The summed E-state index contributed by atoms with van der Waals surface area (Å²) in [5, 5.41) is 5.69. The van der Waals surface area contributed by atoms with Crippen LogP contribution in [0.1, 0.15) is 24.5 Å². The highest BCUT2D eigenvalue weighted by Crippen LogP contribution is 2.16. The van der Waals surface area contributed by atoms with Crippen molar-refractivity contribution < 1.29 is 14.3 Å². The number of hydrogen-bond donors (Lipinski definition) is 2. The second kappa shape index (κ2) is 8.77. The van der Waals surface area contributed by atoms with E-state index in [1.165, 1.54) is 0 Å². The van der Waals surface area contributed by atoms with Crippen LogP contribution >= 0.6 is 0 Å². The van der Waals surface area contributed by atoms with Gasteiger partial charge in [0.2, 0.25) is 5.95 Å². The first-order valence-electron chi connectivity index (χ1n) is 8.04. The summed E-state index contributed by atoms with van der Waals surface area (Å²) in [6.07, 6.45) is 2.44. The molecule has 2 rings (SSSR count). The van der Waals surface area contributed by atoms with Crippen LogP contribution in [0.5, 0.6) is 0 Å². The Morgan fingerprint density at radius 3 is 2.64 bits per heavy atom. The average Bonchev–Trinajstić information content (AvgIpc) is 2.59. The first kappa shape index (κ1) is 18.4. The first-order chi connectivity index (χ1) is 12.0. The molecule has 1 atom stereocenters. The molecule has 0 aliphatic heterocycles. The Kier molecular flexibility index (Phi) is 6.45. The van der Waals surface area contributed by atoms with Gasteiger partial charge in [-0.05, 0) is 44.0 Å². The maximum Gasteiger partial charge on any atom is 0.308 e. The minimum atomic E-state index is -0.875. The molecule has 0 aliphatic rings. The predicted molar refractivity (Wildman–Crippen MR) is 95.2 cm³/mol. The minimum Gasteiger partial charge on any atom is -0.452 e. The second-order valence-electron chi connectivity index (χ2n) is 5.69. The van der Waals surface area contributed by atoms with E-state index in [0.717, 1.165) is 16.8 Å². The molecule has 7 nitrogen and oxygen atoms in total. The third kappa shape index (κ3) is 5.87. The van der Waals surface area contributed by atoms with Crippen LogP contribution in [0.25, 0.3) is 0 Å². The molecule has 1 heterocycles. The quantitative estimate of drug-likeness (QED) is 0.751. The van der Waals surface area contributed by atoms with Gasteiger partial charge in [-0.25, -0.2) is 9.97 Å². The molecule has 0 fully saturated rings. The average molecular weight is 342 g/mol. The fraction of sp³-hybridized carbons (Fsp3) is 0.333. The van der Waals surface area contributed by atoms with Crippen molar-refractivity contribution >= 4 is 23.5 Å². The highest BCUT2D eigenvalue weighted by atomic mass is 16.5. The summed E-state index contributed by atoms with van der Waals surface area (Å²) in [5.41, 5.74) is 2.71. The van der Waals surface area contributed by atoms with Crippen LogP contribution in [0, 0.1) is 13.8 Å². The molecule has 2 N–H and O–H groups in total. The van der Waals surface area contributed by atoms with Crippen LogP contribution < -0.4 is 10.6 Å². The molecule has 1 aromatic heterocycles. The van der Waals surface area contributed by atoms with E-state index < -0.39 is 12.1 Å². The van der Waals surface area contributed by atoms with E-state index in [1.807, 2.05) is 32.0 Å². The van der Waals surface area contributed by atoms with Crippen molar-refractivity contribution in [2.75, 3.05) is 17.2 Å². The molecule has 25 heavy (non-hydrogen) atoms. The van der Waals surface area contributed by atoms with E-state index in [1.54, 1.807) is 25.4 Å². The van der Waals surface area contributed by atoms with Gasteiger partial charge in [-0.1, -0.05) is 12.1 Å². The Morgan fingerprint density at radius 2 is 1.92 bits per heavy atom. The lowest BCUT2D eigenvalue weighted by molar-refractivity contribution is -0.152. The third-order valence-corrected chi connectivity index (χ3v) is 3.51. The maximum absolute atomic E-state index is 12.2. The van der Waals surface area contributed by atoms with Crippen molar-refractivity contribution in [1.82, 2.24) is 9.97 Å². The summed E-state index contributed by atoms with van der Waals surface area (Å²) in [5.74, 6) is -0.385. The monoisotopic (exact) mass is 342 g/mol. The molecule has 132 valence electrons. The van der Waals surface area contributed by atoms with Crippen LogP contribution in [0.4, 0.5) is 11.6 Å². The fourth-order valence-corrected chi connectivity index (χ4v) is 2.08. The van der Waals surface area contributed by atoms with Gasteiger partial charge < -0.3 is 15.4 Å². The van der Waals surface area contributed by atoms with Gasteiger partial charge in [0.05, 0.1) is 6.42 Å². The molecule has 0 radical (unpaired) electrons. The molecule has 7 heteroatoms. The zero-order chi connectivity index (χ0) is 18.2. The molecule has 1 aromatic carbocycles. The van der Waals surface area contributed by atoms with Gasteiger partial charge in [-0.3, -0.25) is 9.59 Å². The lowest BCUT2D eigenvalue weighted by Crippen LogP contribution is -2.30. The maximum atomic E-state index is 12.2. The topological polar surface area (TPSA) is 93.2 Å².